The number of ether oxygens (including phenoxy) is 1. The molecule has 0 atom stereocenters. The summed E-state index contributed by atoms with van der Waals surface area (Å²) in [6, 6.07) is 20.4. The predicted molar refractivity (Wildman–Crippen MR) is 161 cm³/mol. The van der Waals surface area contributed by atoms with Gasteiger partial charge in [-0.2, -0.15) is 0 Å². The van der Waals surface area contributed by atoms with Crippen molar-refractivity contribution in [3.8, 4) is 11.3 Å². The summed E-state index contributed by atoms with van der Waals surface area (Å²) in [5.41, 5.74) is 17.5. The molecule has 7 nitrogen and oxygen atoms in total. The van der Waals surface area contributed by atoms with Crippen LogP contribution in [0.25, 0.3) is 11.3 Å². The number of nitrogens with one attached hydrogen (secondary N) is 2. The van der Waals surface area contributed by atoms with Gasteiger partial charge in [0.15, 0.2) is 5.13 Å². The number of rotatable bonds is 5. The molecule has 0 bridgehead atoms. The van der Waals surface area contributed by atoms with Gasteiger partial charge in [-0.1, -0.05) is 30.3 Å². The fraction of sp³-hybridized carbons (Fsp3) is 0.290. The van der Waals surface area contributed by atoms with Crippen molar-refractivity contribution in [2.45, 2.75) is 58.7 Å². The number of anilines is 3. The Morgan fingerprint density at radius 2 is 1.73 bits per heavy atom. The van der Waals surface area contributed by atoms with Crippen molar-refractivity contribution >= 4 is 33.9 Å². The van der Waals surface area contributed by atoms with Gasteiger partial charge in [0, 0.05) is 34.9 Å². The van der Waals surface area contributed by atoms with E-state index in [2.05, 4.69) is 10.6 Å². The number of nitrogens with zero attached hydrogens (tertiary/aromatic N) is 1. The van der Waals surface area contributed by atoms with Crippen LogP contribution in [0.5, 0.6) is 0 Å². The number of nitrogen functional groups attached to an aromatic ring is 1. The van der Waals surface area contributed by atoms with Gasteiger partial charge in [0.25, 0.3) is 0 Å². The standard InChI is InChI=1S/C19H18FN3S.C12H18N2O2/c20-14-7-6-13-2-1-3-17-18(16(13)10-14)23-19(24-17)22-15-8-4-12(11-21)5-9-15;1-12(2,3)16-11(15)14-8-9-4-6-10(13)7-5-9/h4-10H,1-3,11,21H2,(H,22,23);4-7H,8,13H2,1-3H3,(H,14,15). The molecule has 3 aromatic carbocycles. The maximum Gasteiger partial charge on any atom is 0.407 e. The van der Waals surface area contributed by atoms with Crippen LogP contribution in [0.3, 0.4) is 0 Å². The summed E-state index contributed by atoms with van der Waals surface area (Å²) >= 11 is 1.65. The largest absolute Gasteiger partial charge is 0.444 e. The second-order valence-corrected chi connectivity index (χ2v) is 11.7. The van der Waals surface area contributed by atoms with E-state index >= 15 is 0 Å². The number of amides is 1. The highest BCUT2D eigenvalue weighted by molar-refractivity contribution is 7.16. The third-order valence-corrected chi connectivity index (χ3v) is 7.16. The molecule has 1 heterocycles. The molecular formula is C31H36FN5O2S. The normalized spacial score (nSPS) is 12.2. The Morgan fingerprint density at radius 1 is 1.02 bits per heavy atom. The van der Waals surface area contributed by atoms with Gasteiger partial charge < -0.3 is 26.8 Å². The van der Waals surface area contributed by atoms with Crippen LogP contribution in [0.15, 0.2) is 66.7 Å². The van der Waals surface area contributed by atoms with Gasteiger partial charge in [0.05, 0.1) is 5.69 Å². The number of carbonyl (C=O) groups is 1. The molecule has 9 heteroatoms. The van der Waals surface area contributed by atoms with E-state index in [1.807, 2.05) is 63.2 Å². The van der Waals surface area contributed by atoms with E-state index in [-0.39, 0.29) is 5.82 Å². The van der Waals surface area contributed by atoms with Crippen molar-refractivity contribution in [1.82, 2.24) is 10.3 Å². The fourth-order valence-electron chi connectivity index (χ4n) is 4.18. The lowest BCUT2D eigenvalue weighted by Crippen LogP contribution is -2.32. The number of fused-ring (bicyclic) bond motifs is 3. The molecule has 0 fully saturated rings. The predicted octanol–water partition coefficient (Wildman–Crippen LogP) is 6.93. The summed E-state index contributed by atoms with van der Waals surface area (Å²) in [7, 11) is 0. The molecule has 0 unspecified atom stereocenters. The minimum absolute atomic E-state index is 0.207. The van der Waals surface area contributed by atoms with Crippen LogP contribution in [-0.4, -0.2) is 16.7 Å². The maximum atomic E-state index is 13.7. The molecule has 40 heavy (non-hydrogen) atoms. The van der Waals surface area contributed by atoms with E-state index in [0.29, 0.717) is 18.8 Å². The first kappa shape index (κ1) is 29.0. The van der Waals surface area contributed by atoms with Gasteiger partial charge in [-0.3, -0.25) is 0 Å². The molecule has 0 spiro atoms. The molecular weight excluding hydrogens is 525 g/mol. The number of halogens is 1. The number of aryl methyl sites for hydroxylation is 2. The monoisotopic (exact) mass is 561 g/mol. The van der Waals surface area contributed by atoms with Crippen molar-refractivity contribution in [3.63, 3.8) is 0 Å². The molecule has 0 aliphatic heterocycles. The molecule has 1 aliphatic carbocycles. The van der Waals surface area contributed by atoms with Gasteiger partial charge in [-0.15, -0.1) is 11.3 Å². The quantitative estimate of drug-likeness (QED) is 0.196. The molecule has 1 aliphatic rings. The maximum absolute atomic E-state index is 13.7. The summed E-state index contributed by atoms with van der Waals surface area (Å²) in [6.07, 6.45) is 2.61. The minimum atomic E-state index is -0.467. The molecule has 210 valence electrons. The Bertz CT molecular complexity index is 1430. The van der Waals surface area contributed by atoms with E-state index in [9.17, 15) is 9.18 Å². The Labute approximate surface area is 238 Å². The smallest absolute Gasteiger partial charge is 0.407 e. The van der Waals surface area contributed by atoms with Crippen molar-refractivity contribution in [2.24, 2.45) is 5.73 Å². The molecule has 1 amide bonds. The van der Waals surface area contributed by atoms with Gasteiger partial charge >= 0.3 is 6.09 Å². The first-order chi connectivity index (χ1) is 19.1. The summed E-state index contributed by atoms with van der Waals surface area (Å²) in [5, 5.41) is 6.87. The zero-order valence-corrected chi connectivity index (χ0v) is 23.9. The van der Waals surface area contributed by atoms with Crippen LogP contribution in [0, 0.1) is 5.82 Å². The average molecular weight is 562 g/mol. The first-order valence-electron chi connectivity index (χ1n) is 13.3. The van der Waals surface area contributed by atoms with Gasteiger partial charge in [-0.25, -0.2) is 14.2 Å². The SMILES string of the molecule is CC(C)(C)OC(=O)NCc1ccc(N)cc1.NCc1ccc(Nc2nc3c(s2)CCCc2ccc(F)cc2-3)cc1. The molecule has 5 rings (SSSR count). The Balaban J connectivity index is 0.000000202. The van der Waals surface area contributed by atoms with Crippen LogP contribution < -0.4 is 22.1 Å². The average Bonchev–Trinajstić information content (AvgIpc) is 3.23. The number of thiazole rings is 1. The van der Waals surface area contributed by atoms with Crippen molar-refractivity contribution < 1.29 is 13.9 Å². The van der Waals surface area contributed by atoms with E-state index in [0.717, 1.165) is 52.5 Å². The number of aromatic nitrogens is 1. The van der Waals surface area contributed by atoms with E-state index in [1.165, 1.54) is 16.5 Å². The van der Waals surface area contributed by atoms with E-state index < -0.39 is 11.7 Å². The van der Waals surface area contributed by atoms with E-state index in [4.69, 9.17) is 21.2 Å². The Hall–Kier alpha value is -3.95. The third kappa shape index (κ3) is 8.27. The van der Waals surface area contributed by atoms with Crippen molar-refractivity contribution in [3.05, 3.63) is 94.1 Å². The minimum Gasteiger partial charge on any atom is -0.444 e. The van der Waals surface area contributed by atoms with Crippen LogP contribution in [0.1, 0.15) is 48.8 Å². The number of alkyl carbamates (subject to hydrolysis) is 1. The number of hydrogen-bond acceptors (Lipinski definition) is 7. The van der Waals surface area contributed by atoms with Crippen LogP contribution in [-0.2, 0) is 30.7 Å². The Morgan fingerprint density at radius 3 is 2.40 bits per heavy atom. The highest BCUT2D eigenvalue weighted by atomic mass is 32.1. The lowest BCUT2D eigenvalue weighted by atomic mass is 10.0. The molecule has 6 N–H and O–H groups in total. The zero-order chi connectivity index (χ0) is 28.7. The van der Waals surface area contributed by atoms with E-state index in [1.54, 1.807) is 29.5 Å². The fourth-order valence-corrected chi connectivity index (χ4v) is 5.22. The lowest BCUT2D eigenvalue weighted by Gasteiger charge is -2.19. The zero-order valence-electron chi connectivity index (χ0n) is 23.1. The number of hydrogen-bond donors (Lipinski definition) is 4. The number of nitrogens with two attached hydrogens (primary N) is 2. The van der Waals surface area contributed by atoms with Crippen LogP contribution in [0.2, 0.25) is 0 Å². The van der Waals surface area contributed by atoms with Crippen molar-refractivity contribution in [2.75, 3.05) is 11.1 Å². The van der Waals surface area contributed by atoms with Crippen LogP contribution in [0.4, 0.5) is 25.7 Å². The highest BCUT2D eigenvalue weighted by Gasteiger charge is 2.20. The summed E-state index contributed by atoms with van der Waals surface area (Å²) in [6.45, 7) is 6.46. The third-order valence-electron chi connectivity index (χ3n) is 6.13. The summed E-state index contributed by atoms with van der Waals surface area (Å²) in [5.74, 6) is -0.207. The lowest BCUT2D eigenvalue weighted by molar-refractivity contribution is 0.0523. The summed E-state index contributed by atoms with van der Waals surface area (Å²) in [4.78, 5) is 17.3. The van der Waals surface area contributed by atoms with Gasteiger partial charge in [0.1, 0.15) is 11.4 Å². The number of carbonyl (C=O) groups excluding carboxylic acids is 1. The molecule has 4 aromatic rings. The van der Waals surface area contributed by atoms with Gasteiger partial charge in [-0.05, 0) is 93.1 Å². The van der Waals surface area contributed by atoms with Crippen LogP contribution >= 0.6 is 11.3 Å². The topological polar surface area (TPSA) is 115 Å². The molecule has 0 radical (unpaired) electrons. The molecule has 1 aromatic heterocycles. The summed E-state index contributed by atoms with van der Waals surface area (Å²) < 4.78 is 18.8. The second kappa shape index (κ2) is 12.9. The first-order valence-corrected chi connectivity index (χ1v) is 14.1. The highest BCUT2D eigenvalue weighted by Crippen LogP contribution is 2.38. The number of benzene rings is 3. The molecule has 0 saturated heterocycles. The Kier molecular flexibility index (Phi) is 9.39. The molecule has 0 saturated carbocycles. The van der Waals surface area contributed by atoms with Crippen molar-refractivity contribution in [1.29, 1.82) is 0 Å². The van der Waals surface area contributed by atoms with Gasteiger partial charge in [0.2, 0.25) is 0 Å². The second-order valence-electron chi connectivity index (χ2n) is 10.6.